The molecule has 0 radical (unpaired) electrons. The average molecular weight is 418 g/mol. The van der Waals surface area contributed by atoms with Crippen molar-refractivity contribution in [3.8, 4) is 0 Å². The number of fused-ring (bicyclic) bond motifs is 1. The molecule has 2 aliphatic rings. The number of amides is 1. The van der Waals surface area contributed by atoms with Gasteiger partial charge in [0, 0.05) is 39.3 Å². The number of hydrogen-bond donors (Lipinski definition) is 0. The molecule has 4 heterocycles. The van der Waals surface area contributed by atoms with Gasteiger partial charge >= 0.3 is 0 Å². The van der Waals surface area contributed by atoms with Gasteiger partial charge in [-0.15, -0.1) is 10.2 Å². The standard InChI is InChI=1S/C23H27N7O/c1-17-8-10-28(11-9-17)21-6-7-22(27-26-21)29-12-14-30(15-13-29)23(31)20-16-24-18-4-2-3-5-19(18)25-20/h2-7,16-17H,8-15H2,1H3. The molecule has 160 valence electrons. The van der Waals surface area contributed by atoms with E-state index < -0.39 is 0 Å². The normalized spacial score (nSPS) is 17.9. The SMILES string of the molecule is CC1CCN(c2ccc(N3CCN(C(=O)c4cnc5ccccc5n4)CC3)nn2)CC1. The lowest BCUT2D eigenvalue weighted by atomic mass is 9.99. The van der Waals surface area contributed by atoms with Gasteiger partial charge in [0.15, 0.2) is 11.6 Å². The first-order chi connectivity index (χ1) is 15.2. The number of rotatable bonds is 3. The monoisotopic (exact) mass is 417 g/mol. The Labute approximate surface area is 181 Å². The van der Waals surface area contributed by atoms with Crippen molar-refractivity contribution >= 4 is 28.6 Å². The molecule has 2 aromatic heterocycles. The highest BCUT2D eigenvalue weighted by molar-refractivity contribution is 5.94. The topological polar surface area (TPSA) is 78.4 Å². The number of carbonyl (C=O) groups is 1. The van der Waals surface area contributed by atoms with Crippen LogP contribution in [0, 0.1) is 5.92 Å². The lowest BCUT2D eigenvalue weighted by Crippen LogP contribution is -2.49. The average Bonchev–Trinajstić information content (AvgIpc) is 2.84. The van der Waals surface area contributed by atoms with Gasteiger partial charge in [-0.25, -0.2) is 4.98 Å². The van der Waals surface area contributed by atoms with E-state index in [2.05, 4.69) is 43.0 Å². The van der Waals surface area contributed by atoms with Gasteiger partial charge in [0.25, 0.3) is 5.91 Å². The number of piperazine rings is 1. The fourth-order valence-electron chi connectivity index (χ4n) is 4.25. The zero-order chi connectivity index (χ0) is 21.2. The summed E-state index contributed by atoms with van der Waals surface area (Å²) in [6.45, 7) is 7.11. The second-order valence-corrected chi connectivity index (χ2v) is 8.44. The zero-order valence-corrected chi connectivity index (χ0v) is 17.8. The molecular weight excluding hydrogens is 390 g/mol. The first-order valence-electron chi connectivity index (χ1n) is 11.0. The summed E-state index contributed by atoms with van der Waals surface area (Å²) in [6, 6.07) is 11.7. The van der Waals surface area contributed by atoms with E-state index in [1.54, 1.807) is 6.20 Å². The Morgan fingerprint density at radius 1 is 0.839 bits per heavy atom. The second-order valence-electron chi connectivity index (χ2n) is 8.44. The number of benzene rings is 1. The van der Waals surface area contributed by atoms with E-state index >= 15 is 0 Å². The molecule has 2 saturated heterocycles. The Morgan fingerprint density at radius 2 is 1.45 bits per heavy atom. The van der Waals surface area contributed by atoms with E-state index in [0.29, 0.717) is 18.8 Å². The highest BCUT2D eigenvalue weighted by atomic mass is 16.2. The van der Waals surface area contributed by atoms with Gasteiger partial charge in [-0.05, 0) is 43.0 Å². The molecule has 2 aliphatic heterocycles. The fraction of sp³-hybridized carbons (Fsp3) is 0.435. The molecule has 0 atom stereocenters. The second kappa shape index (κ2) is 8.45. The van der Waals surface area contributed by atoms with Crippen LogP contribution in [0.25, 0.3) is 11.0 Å². The number of piperidine rings is 1. The predicted octanol–water partition coefficient (Wildman–Crippen LogP) is 2.62. The van der Waals surface area contributed by atoms with Crippen LogP contribution in [-0.2, 0) is 0 Å². The molecule has 0 aliphatic carbocycles. The number of hydrogen-bond acceptors (Lipinski definition) is 7. The predicted molar refractivity (Wildman–Crippen MR) is 120 cm³/mol. The van der Waals surface area contributed by atoms with Gasteiger partial charge in [-0.2, -0.15) is 0 Å². The van der Waals surface area contributed by atoms with Gasteiger partial charge in [0.2, 0.25) is 0 Å². The van der Waals surface area contributed by atoms with Crippen LogP contribution >= 0.6 is 0 Å². The number of para-hydroxylation sites is 2. The number of aromatic nitrogens is 4. The third kappa shape index (κ3) is 4.15. The third-order valence-electron chi connectivity index (χ3n) is 6.30. The Kier molecular flexibility index (Phi) is 5.36. The summed E-state index contributed by atoms with van der Waals surface area (Å²) in [5.41, 5.74) is 1.93. The minimum absolute atomic E-state index is 0.0707. The minimum Gasteiger partial charge on any atom is -0.355 e. The van der Waals surface area contributed by atoms with Crippen molar-refractivity contribution in [3.63, 3.8) is 0 Å². The van der Waals surface area contributed by atoms with Crippen LogP contribution in [0.5, 0.6) is 0 Å². The third-order valence-corrected chi connectivity index (χ3v) is 6.30. The van der Waals surface area contributed by atoms with Crippen molar-refractivity contribution in [1.29, 1.82) is 0 Å². The number of nitrogens with zero attached hydrogens (tertiary/aromatic N) is 7. The summed E-state index contributed by atoms with van der Waals surface area (Å²) in [7, 11) is 0. The largest absolute Gasteiger partial charge is 0.355 e. The fourth-order valence-corrected chi connectivity index (χ4v) is 4.25. The lowest BCUT2D eigenvalue weighted by molar-refractivity contribution is 0.0740. The summed E-state index contributed by atoms with van der Waals surface area (Å²) in [5, 5.41) is 8.94. The molecule has 0 saturated carbocycles. The van der Waals surface area contributed by atoms with E-state index in [0.717, 1.165) is 54.8 Å². The Morgan fingerprint density at radius 3 is 2.10 bits per heavy atom. The molecule has 0 spiro atoms. The van der Waals surface area contributed by atoms with Crippen molar-refractivity contribution in [2.75, 3.05) is 49.1 Å². The molecule has 2 fully saturated rings. The van der Waals surface area contributed by atoms with E-state index in [1.807, 2.05) is 35.2 Å². The number of carbonyl (C=O) groups excluding carboxylic acids is 1. The van der Waals surface area contributed by atoms with Crippen LogP contribution in [0.4, 0.5) is 11.6 Å². The molecule has 8 nitrogen and oxygen atoms in total. The lowest BCUT2D eigenvalue weighted by Gasteiger charge is -2.35. The van der Waals surface area contributed by atoms with E-state index in [4.69, 9.17) is 0 Å². The molecule has 5 rings (SSSR count). The summed E-state index contributed by atoms with van der Waals surface area (Å²) in [5.74, 6) is 2.55. The van der Waals surface area contributed by atoms with Crippen molar-refractivity contribution in [2.24, 2.45) is 5.92 Å². The Hall–Kier alpha value is -3.29. The van der Waals surface area contributed by atoms with E-state index in [9.17, 15) is 4.79 Å². The van der Waals surface area contributed by atoms with Crippen molar-refractivity contribution in [1.82, 2.24) is 25.1 Å². The first-order valence-corrected chi connectivity index (χ1v) is 11.0. The van der Waals surface area contributed by atoms with Crippen LogP contribution in [0.1, 0.15) is 30.3 Å². The van der Waals surface area contributed by atoms with Crippen LogP contribution in [0.3, 0.4) is 0 Å². The summed E-state index contributed by atoms with van der Waals surface area (Å²) in [4.78, 5) is 28.1. The molecule has 0 bridgehead atoms. The summed E-state index contributed by atoms with van der Waals surface area (Å²) >= 11 is 0. The Balaban J connectivity index is 1.20. The van der Waals surface area contributed by atoms with Gasteiger partial charge < -0.3 is 14.7 Å². The van der Waals surface area contributed by atoms with Crippen LogP contribution in [0.15, 0.2) is 42.6 Å². The Bertz CT molecular complexity index is 1050. The zero-order valence-electron chi connectivity index (χ0n) is 17.8. The molecule has 1 amide bonds. The van der Waals surface area contributed by atoms with Crippen LogP contribution in [-0.4, -0.2) is 70.2 Å². The highest BCUT2D eigenvalue weighted by Crippen LogP contribution is 2.22. The van der Waals surface area contributed by atoms with Gasteiger partial charge in [0.05, 0.1) is 17.2 Å². The van der Waals surface area contributed by atoms with Crippen LogP contribution < -0.4 is 9.80 Å². The quantitative estimate of drug-likeness (QED) is 0.648. The molecule has 1 aromatic carbocycles. The van der Waals surface area contributed by atoms with Crippen molar-refractivity contribution < 1.29 is 4.79 Å². The molecule has 8 heteroatoms. The van der Waals surface area contributed by atoms with Gasteiger partial charge in [-0.1, -0.05) is 19.1 Å². The van der Waals surface area contributed by atoms with Crippen LogP contribution in [0.2, 0.25) is 0 Å². The minimum atomic E-state index is -0.0707. The maximum Gasteiger partial charge on any atom is 0.274 e. The molecular formula is C23H27N7O. The van der Waals surface area contributed by atoms with Crippen molar-refractivity contribution in [2.45, 2.75) is 19.8 Å². The maximum absolute atomic E-state index is 12.9. The summed E-state index contributed by atoms with van der Waals surface area (Å²) < 4.78 is 0. The molecule has 0 unspecified atom stereocenters. The highest BCUT2D eigenvalue weighted by Gasteiger charge is 2.25. The first kappa shape index (κ1) is 19.7. The molecule has 0 N–H and O–H groups in total. The maximum atomic E-state index is 12.9. The van der Waals surface area contributed by atoms with Gasteiger partial charge in [0.1, 0.15) is 5.69 Å². The van der Waals surface area contributed by atoms with Crippen molar-refractivity contribution in [3.05, 3.63) is 48.3 Å². The van der Waals surface area contributed by atoms with E-state index in [-0.39, 0.29) is 5.91 Å². The smallest absolute Gasteiger partial charge is 0.274 e. The summed E-state index contributed by atoms with van der Waals surface area (Å²) in [6.07, 6.45) is 3.99. The molecule has 3 aromatic rings. The van der Waals surface area contributed by atoms with E-state index in [1.165, 1.54) is 12.8 Å². The van der Waals surface area contributed by atoms with Gasteiger partial charge in [-0.3, -0.25) is 9.78 Å². The number of anilines is 2. The molecule has 31 heavy (non-hydrogen) atoms.